The molecule has 1 heterocycles. The molecule has 0 radical (unpaired) electrons. The lowest BCUT2D eigenvalue weighted by molar-refractivity contribution is 0.0272. The molecule has 0 bridgehead atoms. The second kappa shape index (κ2) is 6.00. The zero-order chi connectivity index (χ0) is 13.9. The van der Waals surface area contributed by atoms with Crippen LogP contribution < -0.4 is 4.83 Å². The molecule has 0 aliphatic carbocycles. The highest BCUT2D eigenvalue weighted by molar-refractivity contribution is 7.89. The van der Waals surface area contributed by atoms with Gasteiger partial charge in [-0.2, -0.15) is 0 Å². The Morgan fingerprint density at radius 1 is 1.16 bits per heavy atom. The number of sulfonamides is 1. The third-order valence-corrected chi connectivity index (χ3v) is 4.51. The van der Waals surface area contributed by atoms with E-state index in [1.54, 1.807) is 17.1 Å². The van der Waals surface area contributed by atoms with Crippen LogP contribution in [0.1, 0.15) is 25.3 Å². The lowest BCUT2D eigenvalue weighted by Crippen LogP contribution is -2.48. The highest BCUT2D eigenvalue weighted by Crippen LogP contribution is 2.17. The van der Waals surface area contributed by atoms with Gasteiger partial charge in [-0.05, 0) is 23.6 Å². The number of morpholine rings is 1. The van der Waals surface area contributed by atoms with Crippen molar-refractivity contribution in [2.24, 2.45) is 0 Å². The van der Waals surface area contributed by atoms with Gasteiger partial charge >= 0.3 is 0 Å². The Morgan fingerprint density at radius 3 is 2.26 bits per heavy atom. The summed E-state index contributed by atoms with van der Waals surface area (Å²) < 4.78 is 29.6. The summed E-state index contributed by atoms with van der Waals surface area (Å²) in [5.74, 6) is 0.393. The van der Waals surface area contributed by atoms with Gasteiger partial charge in [0.2, 0.25) is 0 Å². The normalized spacial score (nSPS) is 17.8. The van der Waals surface area contributed by atoms with Gasteiger partial charge in [-0.15, -0.1) is 4.83 Å². The fourth-order valence-corrected chi connectivity index (χ4v) is 3.03. The van der Waals surface area contributed by atoms with Gasteiger partial charge in [0, 0.05) is 13.1 Å². The highest BCUT2D eigenvalue weighted by Gasteiger charge is 2.20. The molecule has 0 saturated carbocycles. The van der Waals surface area contributed by atoms with Crippen LogP contribution >= 0.6 is 0 Å². The summed E-state index contributed by atoms with van der Waals surface area (Å²) >= 11 is 0. The summed E-state index contributed by atoms with van der Waals surface area (Å²) in [7, 11) is -3.48. The van der Waals surface area contributed by atoms with Crippen molar-refractivity contribution in [1.82, 2.24) is 9.84 Å². The highest BCUT2D eigenvalue weighted by atomic mass is 32.2. The van der Waals surface area contributed by atoms with E-state index in [9.17, 15) is 8.42 Å². The van der Waals surface area contributed by atoms with E-state index in [0.717, 1.165) is 5.56 Å². The first-order valence-electron chi connectivity index (χ1n) is 6.44. The van der Waals surface area contributed by atoms with E-state index in [0.29, 0.717) is 37.1 Å². The van der Waals surface area contributed by atoms with Gasteiger partial charge in [-0.1, -0.05) is 26.0 Å². The summed E-state index contributed by atoms with van der Waals surface area (Å²) in [5.41, 5.74) is 1.13. The van der Waals surface area contributed by atoms with Crippen molar-refractivity contribution >= 4 is 10.0 Å². The van der Waals surface area contributed by atoms with Gasteiger partial charge in [0.15, 0.2) is 0 Å². The fourth-order valence-electron chi connectivity index (χ4n) is 1.91. The number of rotatable bonds is 4. The molecule has 1 aliphatic rings. The van der Waals surface area contributed by atoms with Crippen LogP contribution in [0.25, 0.3) is 0 Å². The van der Waals surface area contributed by atoms with Crippen molar-refractivity contribution in [1.29, 1.82) is 0 Å². The minimum atomic E-state index is -3.48. The molecule has 1 aliphatic heterocycles. The van der Waals surface area contributed by atoms with Crippen molar-refractivity contribution in [3.05, 3.63) is 29.8 Å². The molecular weight excluding hydrogens is 264 g/mol. The van der Waals surface area contributed by atoms with E-state index < -0.39 is 10.0 Å². The summed E-state index contributed by atoms with van der Waals surface area (Å²) in [5, 5.41) is 1.68. The molecule has 0 aromatic heterocycles. The first-order valence-corrected chi connectivity index (χ1v) is 7.92. The number of ether oxygens (including phenoxy) is 1. The van der Waals surface area contributed by atoms with Crippen LogP contribution in [0.2, 0.25) is 0 Å². The molecule has 1 fully saturated rings. The quantitative estimate of drug-likeness (QED) is 0.906. The molecule has 1 N–H and O–H groups in total. The Morgan fingerprint density at radius 2 is 1.74 bits per heavy atom. The van der Waals surface area contributed by atoms with Gasteiger partial charge in [0.05, 0.1) is 18.1 Å². The van der Waals surface area contributed by atoms with E-state index in [1.807, 2.05) is 12.1 Å². The Bertz CT molecular complexity index is 505. The third-order valence-electron chi connectivity index (χ3n) is 3.12. The second-order valence-electron chi connectivity index (χ2n) is 4.92. The standard InChI is InChI=1S/C13H20N2O3S/c1-11(2)12-3-5-13(6-4-12)19(16,17)14-15-7-9-18-10-8-15/h3-6,11,14H,7-10H2,1-2H3. The molecule has 0 unspecified atom stereocenters. The summed E-state index contributed by atoms with van der Waals surface area (Å²) in [6.07, 6.45) is 0. The molecule has 6 heteroatoms. The van der Waals surface area contributed by atoms with Gasteiger partial charge in [-0.25, -0.2) is 13.4 Å². The maximum absolute atomic E-state index is 12.2. The first-order chi connectivity index (χ1) is 8.99. The monoisotopic (exact) mass is 284 g/mol. The zero-order valence-corrected chi connectivity index (χ0v) is 12.1. The summed E-state index contributed by atoms with van der Waals surface area (Å²) in [6, 6.07) is 7.02. The van der Waals surface area contributed by atoms with Crippen LogP contribution in [0.5, 0.6) is 0 Å². The molecule has 1 aromatic carbocycles. The van der Waals surface area contributed by atoms with E-state index in [-0.39, 0.29) is 0 Å². The van der Waals surface area contributed by atoms with Crippen molar-refractivity contribution in [2.75, 3.05) is 26.3 Å². The lowest BCUT2D eigenvalue weighted by atomic mass is 10.0. The minimum Gasteiger partial charge on any atom is -0.379 e. The number of benzene rings is 1. The number of hydrogen-bond acceptors (Lipinski definition) is 4. The minimum absolute atomic E-state index is 0.295. The van der Waals surface area contributed by atoms with E-state index >= 15 is 0 Å². The first kappa shape index (κ1) is 14.5. The Labute approximate surface area is 114 Å². The van der Waals surface area contributed by atoms with Crippen LogP contribution in [-0.4, -0.2) is 39.7 Å². The summed E-state index contributed by atoms with van der Waals surface area (Å²) in [4.78, 5) is 2.88. The SMILES string of the molecule is CC(C)c1ccc(S(=O)(=O)NN2CCOCC2)cc1. The van der Waals surface area contributed by atoms with Crippen molar-refractivity contribution in [3.63, 3.8) is 0 Å². The second-order valence-corrected chi connectivity index (χ2v) is 6.58. The molecule has 0 atom stereocenters. The van der Waals surface area contributed by atoms with Crippen LogP contribution in [0.15, 0.2) is 29.2 Å². The molecule has 1 saturated heterocycles. The van der Waals surface area contributed by atoms with E-state index in [4.69, 9.17) is 4.74 Å². The molecule has 2 rings (SSSR count). The number of nitrogens with zero attached hydrogens (tertiary/aromatic N) is 1. The molecule has 5 nitrogen and oxygen atoms in total. The Hall–Kier alpha value is -0.950. The molecule has 0 amide bonds. The number of hydrazine groups is 1. The van der Waals surface area contributed by atoms with E-state index in [1.165, 1.54) is 0 Å². The summed E-state index contributed by atoms with van der Waals surface area (Å²) in [6.45, 7) is 6.40. The third kappa shape index (κ3) is 3.76. The average molecular weight is 284 g/mol. The van der Waals surface area contributed by atoms with Gasteiger partial charge in [-0.3, -0.25) is 0 Å². The van der Waals surface area contributed by atoms with Crippen LogP contribution in [0.3, 0.4) is 0 Å². The molecule has 19 heavy (non-hydrogen) atoms. The van der Waals surface area contributed by atoms with Crippen LogP contribution in [0.4, 0.5) is 0 Å². The molecular formula is C13H20N2O3S. The predicted octanol–water partition coefficient (Wildman–Crippen LogP) is 1.34. The Kier molecular flexibility index (Phi) is 4.57. The molecule has 106 valence electrons. The fraction of sp³-hybridized carbons (Fsp3) is 0.538. The lowest BCUT2D eigenvalue weighted by Gasteiger charge is -2.26. The zero-order valence-electron chi connectivity index (χ0n) is 11.3. The number of hydrogen-bond donors (Lipinski definition) is 1. The van der Waals surface area contributed by atoms with Gasteiger partial charge < -0.3 is 4.74 Å². The largest absolute Gasteiger partial charge is 0.379 e. The van der Waals surface area contributed by atoms with Crippen molar-refractivity contribution in [3.8, 4) is 0 Å². The molecule has 1 aromatic rings. The maximum Gasteiger partial charge on any atom is 0.253 e. The number of nitrogens with one attached hydrogen (secondary N) is 1. The Balaban J connectivity index is 2.10. The topological polar surface area (TPSA) is 58.6 Å². The predicted molar refractivity (Wildman–Crippen MR) is 73.2 cm³/mol. The van der Waals surface area contributed by atoms with Crippen LogP contribution in [0, 0.1) is 0 Å². The maximum atomic E-state index is 12.2. The van der Waals surface area contributed by atoms with Gasteiger partial charge in [0.25, 0.3) is 10.0 Å². The van der Waals surface area contributed by atoms with Gasteiger partial charge in [0.1, 0.15) is 0 Å². The van der Waals surface area contributed by atoms with Crippen molar-refractivity contribution < 1.29 is 13.2 Å². The average Bonchev–Trinajstić information content (AvgIpc) is 2.39. The smallest absolute Gasteiger partial charge is 0.253 e. The molecule has 0 spiro atoms. The van der Waals surface area contributed by atoms with Crippen LogP contribution in [-0.2, 0) is 14.8 Å². The van der Waals surface area contributed by atoms with E-state index in [2.05, 4.69) is 18.7 Å². The van der Waals surface area contributed by atoms with Crippen molar-refractivity contribution in [2.45, 2.75) is 24.7 Å².